The van der Waals surface area contributed by atoms with Gasteiger partial charge in [-0.1, -0.05) is 0 Å². The number of alkyl halides is 2. The summed E-state index contributed by atoms with van der Waals surface area (Å²) in [6.45, 7) is 6.03. The lowest BCUT2D eigenvalue weighted by atomic mass is 10.1. The van der Waals surface area contributed by atoms with Crippen molar-refractivity contribution in [3.05, 3.63) is 51.1 Å². The maximum atomic E-state index is 13.5. The molecule has 0 aliphatic heterocycles. The van der Waals surface area contributed by atoms with Crippen molar-refractivity contribution in [2.75, 3.05) is 5.32 Å². The Labute approximate surface area is 196 Å². The predicted molar refractivity (Wildman–Crippen MR) is 126 cm³/mol. The molecule has 0 saturated carbocycles. The Balaban J connectivity index is 1.77. The van der Waals surface area contributed by atoms with Gasteiger partial charge in [-0.3, -0.25) is 14.3 Å². The fraction of sp³-hybridized carbons (Fsp3) is 0.273. The summed E-state index contributed by atoms with van der Waals surface area (Å²) < 4.78 is 28.8. The largest absolute Gasteiger partial charge is 0.365 e. The molecular weight excluding hydrogens is 468 g/mol. The molecule has 0 unspecified atom stereocenters. The molecule has 11 heteroatoms. The van der Waals surface area contributed by atoms with E-state index in [-0.39, 0.29) is 27.7 Å². The number of aryl methyl sites for hydroxylation is 4. The Bertz CT molecular complexity index is 1370. The van der Waals surface area contributed by atoms with Crippen LogP contribution in [-0.4, -0.2) is 26.6 Å². The fourth-order valence-electron chi connectivity index (χ4n) is 3.61. The third-order valence-corrected chi connectivity index (χ3v) is 7.19. The van der Waals surface area contributed by atoms with Crippen LogP contribution in [-0.2, 0) is 11.3 Å². The van der Waals surface area contributed by atoms with Crippen LogP contribution in [0.2, 0.25) is 0 Å². The van der Waals surface area contributed by atoms with Crippen LogP contribution < -0.4 is 11.1 Å². The van der Waals surface area contributed by atoms with Gasteiger partial charge in [0.2, 0.25) is 5.91 Å². The van der Waals surface area contributed by atoms with E-state index in [9.17, 15) is 18.4 Å². The number of anilines is 1. The number of carbonyl (C=O) groups excluding carboxylic acids is 2. The molecule has 0 aliphatic rings. The molecule has 0 radical (unpaired) electrons. The summed E-state index contributed by atoms with van der Waals surface area (Å²) >= 11 is 2.32. The van der Waals surface area contributed by atoms with Crippen molar-refractivity contribution in [1.82, 2.24) is 14.8 Å². The number of primary amides is 1. The van der Waals surface area contributed by atoms with Crippen molar-refractivity contribution in [3.63, 3.8) is 0 Å². The molecule has 4 aromatic rings. The van der Waals surface area contributed by atoms with Gasteiger partial charge in [0.15, 0.2) is 0 Å². The quantitative estimate of drug-likeness (QED) is 0.372. The molecule has 0 fully saturated rings. The number of halogens is 2. The van der Waals surface area contributed by atoms with Gasteiger partial charge in [-0.2, -0.15) is 5.10 Å². The van der Waals surface area contributed by atoms with Crippen molar-refractivity contribution in [1.29, 1.82) is 0 Å². The minimum absolute atomic E-state index is 0.0675. The van der Waals surface area contributed by atoms with E-state index in [0.717, 1.165) is 32.5 Å². The first-order valence-electron chi connectivity index (χ1n) is 10.1. The molecule has 0 aromatic carbocycles. The van der Waals surface area contributed by atoms with E-state index >= 15 is 0 Å². The van der Waals surface area contributed by atoms with Crippen LogP contribution in [0.25, 0.3) is 20.7 Å². The molecule has 3 N–H and O–H groups in total. The summed E-state index contributed by atoms with van der Waals surface area (Å²) in [5.74, 6) is -1.12. The van der Waals surface area contributed by atoms with Crippen LogP contribution >= 0.6 is 22.7 Å². The minimum atomic E-state index is -2.79. The second-order valence-corrected chi connectivity index (χ2v) is 9.89. The maximum absolute atomic E-state index is 13.5. The summed E-state index contributed by atoms with van der Waals surface area (Å²) in [7, 11) is 0. The Morgan fingerprint density at radius 1 is 1.18 bits per heavy atom. The van der Waals surface area contributed by atoms with Crippen LogP contribution in [0.15, 0.2) is 24.3 Å². The zero-order valence-corrected chi connectivity index (χ0v) is 19.7. The van der Waals surface area contributed by atoms with Crippen molar-refractivity contribution < 1.29 is 18.4 Å². The van der Waals surface area contributed by atoms with Crippen LogP contribution in [0, 0.1) is 20.8 Å². The zero-order chi connectivity index (χ0) is 23.9. The van der Waals surface area contributed by atoms with Crippen LogP contribution in [0.5, 0.6) is 0 Å². The third-order valence-electron chi connectivity index (χ3n) is 5.05. The number of aromatic nitrogens is 3. The predicted octanol–water partition coefficient (Wildman–Crippen LogP) is 5.21. The third kappa shape index (κ3) is 4.64. The highest BCUT2D eigenvalue weighted by atomic mass is 32.1. The van der Waals surface area contributed by atoms with Crippen LogP contribution in [0.1, 0.15) is 44.5 Å². The normalized spacial score (nSPS) is 11.5. The zero-order valence-electron chi connectivity index (χ0n) is 18.1. The average molecular weight is 490 g/mol. The van der Waals surface area contributed by atoms with Gasteiger partial charge in [0.05, 0.1) is 11.4 Å². The van der Waals surface area contributed by atoms with Crippen molar-refractivity contribution in [2.24, 2.45) is 5.73 Å². The Kier molecular flexibility index (Phi) is 6.26. The highest BCUT2D eigenvalue weighted by Crippen LogP contribution is 2.44. The van der Waals surface area contributed by atoms with Gasteiger partial charge < -0.3 is 11.1 Å². The number of hydrogen-bond donors (Lipinski definition) is 2. The van der Waals surface area contributed by atoms with Crippen LogP contribution in [0.3, 0.4) is 0 Å². The summed E-state index contributed by atoms with van der Waals surface area (Å²) in [6.07, 6.45) is -2.68. The van der Waals surface area contributed by atoms with E-state index in [1.54, 1.807) is 4.68 Å². The molecule has 0 bridgehead atoms. The number of rotatable bonds is 7. The van der Waals surface area contributed by atoms with Gasteiger partial charge in [0.25, 0.3) is 12.3 Å². The monoisotopic (exact) mass is 489 g/mol. The fourth-order valence-corrected chi connectivity index (χ4v) is 5.51. The standard InChI is InChI=1S/C22H21F2N5O2S2/c1-10-8-11(2)29(28-10)7-6-16(30)27-18-17-13(15-5-4-12(3)32-15)9-14(20(23)24)26-22(17)33-19(18)21(25)31/h4-5,8-9,20H,6-7H2,1-3H3,(H2,25,31)(H,27,30). The summed E-state index contributed by atoms with van der Waals surface area (Å²) in [6, 6.07) is 6.92. The number of nitrogens with zero attached hydrogens (tertiary/aromatic N) is 3. The smallest absolute Gasteiger partial charge is 0.280 e. The molecule has 33 heavy (non-hydrogen) atoms. The molecule has 2 amide bonds. The highest BCUT2D eigenvalue weighted by molar-refractivity contribution is 7.21. The topological polar surface area (TPSA) is 103 Å². The average Bonchev–Trinajstić information content (AvgIpc) is 3.42. The highest BCUT2D eigenvalue weighted by Gasteiger charge is 2.25. The van der Waals surface area contributed by atoms with Gasteiger partial charge in [-0.15, -0.1) is 22.7 Å². The molecule has 4 rings (SSSR count). The molecule has 7 nitrogen and oxygen atoms in total. The Hall–Kier alpha value is -3.18. The lowest BCUT2D eigenvalue weighted by Gasteiger charge is -2.10. The molecular formula is C22H21F2N5O2S2. The van der Waals surface area contributed by atoms with Crippen molar-refractivity contribution in [2.45, 2.75) is 40.2 Å². The first-order valence-corrected chi connectivity index (χ1v) is 11.7. The van der Waals surface area contributed by atoms with E-state index in [1.807, 2.05) is 39.0 Å². The van der Waals surface area contributed by atoms with Crippen LogP contribution in [0.4, 0.5) is 14.5 Å². The summed E-state index contributed by atoms with van der Waals surface area (Å²) in [5.41, 5.74) is 7.63. The molecule has 0 atom stereocenters. The second-order valence-electron chi connectivity index (χ2n) is 7.60. The van der Waals surface area contributed by atoms with Gasteiger partial charge in [0, 0.05) is 39.4 Å². The Morgan fingerprint density at radius 2 is 1.94 bits per heavy atom. The van der Waals surface area contributed by atoms with E-state index in [2.05, 4.69) is 15.4 Å². The second kappa shape index (κ2) is 8.99. The van der Waals surface area contributed by atoms with Gasteiger partial charge in [-0.05, 0) is 45.0 Å². The lowest BCUT2D eigenvalue weighted by Crippen LogP contribution is -2.18. The minimum Gasteiger partial charge on any atom is -0.365 e. The number of fused-ring (bicyclic) bond motifs is 1. The number of hydrogen-bond acceptors (Lipinski definition) is 6. The molecule has 4 heterocycles. The van der Waals surface area contributed by atoms with E-state index < -0.39 is 18.0 Å². The van der Waals surface area contributed by atoms with Crippen molar-refractivity contribution in [3.8, 4) is 10.4 Å². The maximum Gasteiger partial charge on any atom is 0.280 e. The van der Waals surface area contributed by atoms with Gasteiger partial charge in [-0.25, -0.2) is 13.8 Å². The van der Waals surface area contributed by atoms with Gasteiger partial charge >= 0.3 is 0 Å². The molecule has 4 aromatic heterocycles. The Morgan fingerprint density at radius 3 is 2.52 bits per heavy atom. The molecule has 0 aliphatic carbocycles. The summed E-state index contributed by atoms with van der Waals surface area (Å²) in [5, 5.41) is 7.56. The number of carbonyl (C=O) groups is 2. The van der Waals surface area contributed by atoms with E-state index in [1.165, 1.54) is 17.4 Å². The number of amides is 2. The molecule has 0 spiro atoms. The van der Waals surface area contributed by atoms with Crippen molar-refractivity contribution >= 4 is 50.4 Å². The van der Waals surface area contributed by atoms with E-state index in [4.69, 9.17) is 5.73 Å². The van der Waals surface area contributed by atoms with E-state index in [0.29, 0.717) is 17.5 Å². The number of nitrogens with two attached hydrogens (primary N) is 1. The summed E-state index contributed by atoms with van der Waals surface area (Å²) in [4.78, 5) is 31.0. The number of thiophene rings is 2. The molecule has 0 saturated heterocycles. The number of pyridine rings is 1. The SMILES string of the molecule is Cc1cc(C)n(CCC(=O)Nc2c(C(N)=O)sc3nc(C(F)F)cc(-c4ccc(C)s4)c23)n1. The first kappa shape index (κ1) is 23.0. The first-order chi connectivity index (χ1) is 15.6. The van der Waals surface area contributed by atoms with Gasteiger partial charge in [0.1, 0.15) is 15.4 Å². The number of nitrogens with one attached hydrogen (secondary N) is 1. The lowest BCUT2D eigenvalue weighted by molar-refractivity contribution is -0.116. The molecule has 172 valence electrons.